The van der Waals surface area contributed by atoms with E-state index in [9.17, 15) is 4.79 Å². The number of anilines is 6. The van der Waals surface area contributed by atoms with Gasteiger partial charge in [-0.15, -0.1) is 11.3 Å². The maximum Gasteiger partial charge on any atom is 0.200 e. The van der Waals surface area contributed by atoms with Crippen LogP contribution in [0.4, 0.5) is 34.1 Å². The van der Waals surface area contributed by atoms with E-state index in [2.05, 4.69) is 190 Å². The van der Waals surface area contributed by atoms with Crippen LogP contribution in [0.5, 0.6) is 0 Å². The van der Waals surface area contributed by atoms with Gasteiger partial charge in [0.05, 0.1) is 32.2 Å². The molecule has 0 saturated heterocycles. The predicted molar refractivity (Wildman–Crippen MR) is 257 cm³/mol. The minimum absolute atomic E-state index is 0.0108. The van der Waals surface area contributed by atoms with E-state index in [1.165, 1.54) is 0 Å². The number of benzene rings is 9. The average molecular weight is 802 g/mol. The second kappa shape index (κ2) is 14.1. The summed E-state index contributed by atoms with van der Waals surface area (Å²) in [6.45, 7) is 0. The SMILES string of the molecule is O=c1c2ccccc2oc2cc3sc4c(-n5c6ccc(N(c7ccccc7)c7ccccc7)cc6c6cc(N(c7ccccc7)c7ccccc7)ccc65)cccc4c3cc12. The molecule has 0 radical (unpaired) electrons. The van der Waals surface area contributed by atoms with Crippen LogP contribution in [0.2, 0.25) is 0 Å². The molecule has 9 aromatic carbocycles. The van der Waals surface area contributed by atoms with Crippen LogP contribution in [-0.4, -0.2) is 4.57 Å². The van der Waals surface area contributed by atoms with E-state index < -0.39 is 0 Å². The molecule has 61 heavy (non-hydrogen) atoms. The molecule has 0 spiro atoms. The maximum atomic E-state index is 13.8. The maximum absolute atomic E-state index is 13.8. The monoisotopic (exact) mass is 801 g/mol. The Morgan fingerprint density at radius 3 is 1.41 bits per heavy atom. The van der Waals surface area contributed by atoms with E-state index >= 15 is 0 Å². The lowest BCUT2D eigenvalue weighted by Crippen LogP contribution is -2.09. The van der Waals surface area contributed by atoms with E-state index in [4.69, 9.17) is 4.42 Å². The Kier molecular flexibility index (Phi) is 8.11. The molecule has 0 bridgehead atoms. The average Bonchev–Trinajstić information content (AvgIpc) is 3.85. The van der Waals surface area contributed by atoms with Gasteiger partial charge in [-0.2, -0.15) is 0 Å². The number of aromatic nitrogens is 1. The van der Waals surface area contributed by atoms with E-state index in [1.807, 2.05) is 36.4 Å². The summed E-state index contributed by atoms with van der Waals surface area (Å²) in [7, 11) is 0. The molecule has 0 atom stereocenters. The standard InChI is InChI=1S/C55H35N3O2S/c59-54-43-24-13-14-27-51(43)60-52-35-53-46(34-47(52)54)42-25-15-26-50(55(42)61-53)58-48-30-28-40(56(36-16-5-1-6-17-36)37-18-7-2-8-19-37)32-44(48)45-33-41(29-31-49(45)58)57(38-20-9-3-10-21-38)39-22-11-4-12-23-39/h1-35H. The Hall–Kier alpha value is -7.93. The van der Waals surface area contributed by atoms with Gasteiger partial charge in [0.2, 0.25) is 5.43 Å². The van der Waals surface area contributed by atoms with E-state index in [-0.39, 0.29) is 5.43 Å². The summed E-state index contributed by atoms with van der Waals surface area (Å²) in [5.74, 6) is 0. The van der Waals surface area contributed by atoms with Gasteiger partial charge >= 0.3 is 0 Å². The topological polar surface area (TPSA) is 41.6 Å². The molecule has 288 valence electrons. The number of thiophene rings is 1. The van der Waals surface area contributed by atoms with Gasteiger partial charge < -0.3 is 18.8 Å². The van der Waals surface area contributed by atoms with Gasteiger partial charge in [-0.3, -0.25) is 4.79 Å². The summed E-state index contributed by atoms with van der Waals surface area (Å²) in [5.41, 5.74) is 10.9. The van der Waals surface area contributed by atoms with Crippen molar-refractivity contribution in [3.8, 4) is 5.69 Å². The lowest BCUT2D eigenvalue weighted by molar-refractivity contribution is 0.660. The number of para-hydroxylation sites is 5. The van der Waals surface area contributed by atoms with Crippen LogP contribution < -0.4 is 15.2 Å². The molecule has 0 aliphatic carbocycles. The summed E-state index contributed by atoms with van der Waals surface area (Å²) in [6, 6.07) is 74.0. The molecular weight excluding hydrogens is 767 g/mol. The third kappa shape index (κ3) is 5.72. The zero-order valence-corrected chi connectivity index (χ0v) is 33.6. The second-order valence-electron chi connectivity index (χ2n) is 15.3. The minimum Gasteiger partial charge on any atom is -0.456 e. The zero-order chi connectivity index (χ0) is 40.4. The minimum atomic E-state index is -0.0108. The molecule has 6 heteroatoms. The third-order valence-electron chi connectivity index (χ3n) is 11.7. The van der Waals surface area contributed by atoms with Crippen LogP contribution in [0, 0.1) is 0 Å². The van der Waals surface area contributed by atoms with Gasteiger partial charge in [0.25, 0.3) is 0 Å². The molecule has 12 aromatic rings. The number of rotatable bonds is 7. The fraction of sp³-hybridized carbons (Fsp3) is 0. The molecule has 0 N–H and O–H groups in total. The van der Waals surface area contributed by atoms with Gasteiger partial charge in [0.1, 0.15) is 11.2 Å². The molecule has 0 aliphatic heterocycles. The summed E-state index contributed by atoms with van der Waals surface area (Å²) < 4.78 is 11.0. The van der Waals surface area contributed by atoms with Gasteiger partial charge in [-0.1, -0.05) is 97.1 Å². The first-order valence-electron chi connectivity index (χ1n) is 20.4. The first-order valence-corrected chi connectivity index (χ1v) is 21.2. The molecule has 0 fully saturated rings. The van der Waals surface area contributed by atoms with Crippen molar-refractivity contribution >= 4 is 109 Å². The van der Waals surface area contributed by atoms with Crippen molar-refractivity contribution in [2.24, 2.45) is 0 Å². The molecule has 0 unspecified atom stereocenters. The highest BCUT2D eigenvalue weighted by molar-refractivity contribution is 7.26. The summed E-state index contributed by atoms with van der Waals surface area (Å²) in [5, 5.41) is 5.61. The highest BCUT2D eigenvalue weighted by Gasteiger charge is 2.22. The van der Waals surface area contributed by atoms with E-state index in [0.717, 1.165) is 81.8 Å². The Morgan fingerprint density at radius 1 is 0.377 bits per heavy atom. The first kappa shape index (κ1) is 35.1. The highest BCUT2D eigenvalue weighted by atomic mass is 32.1. The van der Waals surface area contributed by atoms with Crippen LogP contribution in [-0.2, 0) is 0 Å². The second-order valence-corrected chi connectivity index (χ2v) is 16.3. The van der Waals surface area contributed by atoms with Gasteiger partial charge in [-0.05, 0) is 115 Å². The highest BCUT2D eigenvalue weighted by Crippen LogP contribution is 2.45. The molecule has 0 aliphatic rings. The Balaban J connectivity index is 1.13. The quantitative estimate of drug-likeness (QED) is 0.151. The van der Waals surface area contributed by atoms with Crippen molar-refractivity contribution < 1.29 is 4.42 Å². The summed E-state index contributed by atoms with van der Waals surface area (Å²) in [6.07, 6.45) is 0. The molecule has 12 rings (SSSR count). The first-order chi connectivity index (χ1) is 30.2. The molecule has 3 aromatic heterocycles. The molecule has 0 amide bonds. The van der Waals surface area contributed by atoms with Crippen molar-refractivity contribution in [1.82, 2.24) is 4.57 Å². The van der Waals surface area contributed by atoms with Gasteiger partial charge in [0.15, 0.2) is 0 Å². The lowest BCUT2D eigenvalue weighted by atomic mass is 10.1. The number of fused-ring (bicyclic) bond motifs is 8. The van der Waals surface area contributed by atoms with E-state index in [1.54, 1.807) is 11.3 Å². The largest absolute Gasteiger partial charge is 0.456 e. The van der Waals surface area contributed by atoms with Crippen LogP contribution in [0.3, 0.4) is 0 Å². The van der Waals surface area contributed by atoms with Crippen molar-refractivity contribution in [1.29, 1.82) is 0 Å². The fourth-order valence-corrected chi connectivity index (χ4v) is 10.2. The van der Waals surface area contributed by atoms with Crippen molar-refractivity contribution in [3.05, 3.63) is 223 Å². The van der Waals surface area contributed by atoms with Crippen molar-refractivity contribution in [2.75, 3.05) is 9.80 Å². The molecule has 3 heterocycles. The molecule has 0 saturated carbocycles. The Labute approximate surface area is 354 Å². The van der Waals surface area contributed by atoms with Crippen LogP contribution >= 0.6 is 11.3 Å². The molecule has 5 nitrogen and oxygen atoms in total. The summed E-state index contributed by atoms with van der Waals surface area (Å²) >= 11 is 1.74. The van der Waals surface area contributed by atoms with E-state index in [0.29, 0.717) is 21.9 Å². The molecular formula is C55H35N3O2S. The van der Waals surface area contributed by atoms with Crippen LogP contribution in [0.15, 0.2) is 222 Å². The lowest BCUT2D eigenvalue weighted by Gasteiger charge is -2.26. The van der Waals surface area contributed by atoms with Crippen molar-refractivity contribution in [3.63, 3.8) is 0 Å². The predicted octanol–water partition coefficient (Wildman–Crippen LogP) is 15.4. The van der Waals surface area contributed by atoms with Crippen LogP contribution in [0.25, 0.3) is 69.6 Å². The van der Waals surface area contributed by atoms with Gasteiger partial charge in [-0.25, -0.2) is 0 Å². The third-order valence-corrected chi connectivity index (χ3v) is 12.9. The number of nitrogens with zero attached hydrogens (tertiary/aromatic N) is 3. The summed E-state index contributed by atoms with van der Waals surface area (Å²) in [4.78, 5) is 18.4. The van der Waals surface area contributed by atoms with Crippen molar-refractivity contribution in [2.45, 2.75) is 0 Å². The van der Waals surface area contributed by atoms with Gasteiger partial charge in [0, 0.05) is 60.4 Å². The number of hydrogen-bond donors (Lipinski definition) is 0. The van der Waals surface area contributed by atoms with Crippen LogP contribution in [0.1, 0.15) is 0 Å². The number of hydrogen-bond acceptors (Lipinski definition) is 5. The normalized spacial score (nSPS) is 11.7. The Morgan fingerprint density at radius 2 is 0.869 bits per heavy atom. The fourth-order valence-electron chi connectivity index (χ4n) is 8.99. The Bertz CT molecular complexity index is 3450. The smallest absolute Gasteiger partial charge is 0.200 e. The zero-order valence-electron chi connectivity index (χ0n) is 32.8.